The largest absolute Gasteiger partial charge is 0.396 e. The SMILES string of the molecule is Fc1ccc(/C=C/C=N/OCCCN2CCCCC2)cc1. The minimum absolute atomic E-state index is 0.224. The lowest BCUT2D eigenvalue weighted by Crippen LogP contribution is -2.31. The Hall–Kier alpha value is -1.68. The molecule has 0 N–H and O–H groups in total. The first-order valence-electron chi connectivity index (χ1n) is 7.64. The normalized spacial score (nSPS) is 16.8. The molecule has 3 nitrogen and oxygen atoms in total. The van der Waals surface area contributed by atoms with Gasteiger partial charge < -0.3 is 9.74 Å². The Labute approximate surface area is 126 Å². The number of nitrogens with zero attached hydrogens (tertiary/aromatic N) is 2. The van der Waals surface area contributed by atoms with Crippen molar-refractivity contribution in [1.82, 2.24) is 4.90 Å². The summed E-state index contributed by atoms with van der Waals surface area (Å²) in [6, 6.07) is 6.32. The molecule has 1 aromatic carbocycles. The lowest BCUT2D eigenvalue weighted by molar-refractivity contribution is 0.125. The summed E-state index contributed by atoms with van der Waals surface area (Å²) in [6.07, 6.45) is 10.3. The fraction of sp³-hybridized carbons (Fsp3) is 0.471. The Bertz CT molecular complexity index is 450. The van der Waals surface area contributed by atoms with Gasteiger partial charge in [-0.3, -0.25) is 0 Å². The number of halogens is 1. The molecule has 4 heteroatoms. The van der Waals surface area contributed by atoms with Gasteiger partial charge >= 0.3 is 0 Å². The lowest BCUT2D eigenvalue weighted by Gasteiger charge is -2.25. The number of likely N-dealkylation sites (tertiary alicyclic amines) is 1. The fourth-order valence-electron chi connectivity index (χ4n) is 2.39. The molecule has 1 fully saturated rings. The van der Waals surface area contributed by atoms with Gasteiger partial charge in [0.1, 0.15) is 12.4 Å². The van der Waals surface area contributed by atoms with E-state index in [0.29, 0.717) is 6.61 Å². The zero-order valence-electron chi connectivity index (χ0n) is 12.4. The summed E-state index contributed by atoms with van der Waals surface area (Å²) in [7, 11) is 0. The van der Waals surface area contributed by atoms with Crippen molar-refractivity contribution in [3.63, 3.8) is 0 Å². The standard InChI is InChI=1S/C17H23FN2O/c18-17-9-7-16(8-10-17)6-4-11-19-21-15-5-14-20-12-2-1-3-13-20/h4,6-11H,1-3,5,12-15H2/b6-4+,19-11+. The minimum atomic E-state index is -0.224. The third-order valence-electron chi connectivity index (χ3n) is 3.54. The maximum absolute atomic E-state index is 12.7. The van der Waals surface area contributed by atoms with Crippen molar-refractivity contribution in [3.8, 4) is 0 Å². The number of oxime groups is 1. The summed E-state index contributed by atoms with van der Waals surface area (Å²) in [5.74, 6) is -0.224. The van der Waals surface area contributed by atoms with Crippen molar-refractivity contribution in [1.29, 1.82) is 0 Å². The summed E-state index contributed by atoms with van der Waals surface area (Å²) in [5, 5.41) is 3.88. The Morgan fingerprint density at radius 1 is 1.14 bits per heavy atom. The van der Waals surface area contributed by atoms with Gasteiger partial charge in [-0.15, -0.1) is 0 Å². The van der Waals surface area contributed by atoms with Crippen molar-refractivity contribution < 1.29 is 9.23 Å². The van der Waals surface area contributed by atoms with Gasteiger partial charge in [-0.05, 0) is 56.1 Å². The van der Waals surface area contributed by atoms with Crippen LogP contribution in [-0.2, 0) is 4.84 Å². The topological polar surface area (TPSA) is 24.8 Å². The molecule has 1 aliphatic heterocycles. The molecular weight excluding hydrogens is 267 g/mol. The van der Waals surface area contributed by atoms with Crippen LogP contribution >= 0.6 is 0 Å². The number of piperidine rings is 1. The van der Waals surface area contributed by atoms with Crippen LogP contribution < -0.4 is 0 Å². The molecule has 0 spiro atoms. The van der Waals surface area contributed by atoms with Crippen LogP contribution in [0, 0.1) is 5.82 Å². The first-order chi connectivity index (χ1) is 10.3. The van der Waals surface area contributed by atoms with Crippen LogP contribution in [-0.4, -0.2) is 37.4 Å². The van der Waals surface area contributed by atoms with Gasteiger partial charge in [0.25, 0.3) is 0 Å². The Balaban J connectivity index is 1.54. The Morgan fingerprint density at radius 2 is 1.90 bits per heavy atom. The summed E-state index contributed by atoms with van der Waals surface area (Å²) in [5.41, 5.74) is 0.938. The van der Waals surface area contributed by atoms with Crippen LogP contribution in [0.5, 0.6) is 0 Å². The maximum atomic E-state index is 12.7. The Kier molecular flexibility index (Phi) is 6.95. The third-order valence-corrected chi connectivity index (χ3v) is 3.54. The first-order valence-corrected chi connectivity index (χ1v) is 7.64. The van der Waals surface area contributed by atoms with Crippen LogP contribution in [0.15, 0.2) is 35.5 Å². The van der Waals surface area contributed by atoms with Gasteiger partial charge in [0.15, 0.2) is 0 Å². The molecule has 1 aromatic rings. The molecule has 0 aromatic heterocycles. The van der Waals surface area contributed by atoms with Gasteiger partial charge in [0.2, 0.25) is 0 Å². The lowest BCUT2D eigenvalue weighted by atomic mass is 10.1. The van der Waals surface area contributed by atoms with E-state index in [2.05, 4.69) is 10.1 Å². The molecule has 1 aliphatic rings. The van der Waals surface area contributed by atoms with E-state index in [1.165, 1.54) is 44.5 Å². The average Bonchev–Trinajstić information content (AvgIpc) is 2.53. The summed E-state index contributed by atoms with van der Waals surface area (Å²) in [4.78, 5) is 7.70. The van der Waals surface area contributed by atoms with E-state index in [1.54, 1.807) is 24.4 Å². The number of benzene rings is 1. The minimum Gasteiger partial charge on any atom is -0.396 e. The molecule has 0 aliphatic carbocycles. The molecule has 114 valence electrons. The second-order valence-electron chi connectivity index (χ2n) is 5.25. The van der Waals surface area contributed by atoms with E-state index in [-0.39, 0.29) is 5.82 Å². The zero-order valence-corrected chi connectivity index (χ0v) is 12.4. The quantitative estimate of drug-likeness (QED) is 0.434. The molecule has 21 heavy (non-hydrogen) atoms. The maximum Gasteiger partial charge on any atom is 0.123 e. The molecule has 0 amide bonds. The average molecular weight is 290 g/mol. The highest BCUT2D eigenvalue weighted by atomic mass is 19.1. The van der Waals surface area contributed by atoms with Crippen molar-refractivity contribution in [2.45, 2.75) is 25.7 Å². The molecule has 1 heterocycles. The van der Waals surface area contributed by atoms with Gasteiger partial charge in [-0.25, -0.2) is 4.39 Å². The predicted molar refractivity (Wildman–Crippen MR) is 84.8 cm³/mol. The van der Waals surface area contributed by atoms with Gasteiger partial charge in [0, 0.05) is 6.54 Å². The second-order valence-corrected chi connectivity index (χ2v) is 5.25. The molecule has 0 bridgehead atoms. The van der Waals surface area contributed by atoms with Crippen molar-refractivity contribution >= 4 is 12.3 Å². The monoisotopic (exact) mass is 290 g/mol. The van der Waals surface area contributed by atoms with Crippen LogP contribution in [0.25, 0.3) is 6.08 Å². The smallest absolute Gasteiger partial charge is 0.123 e. The molecule has 0 unspecified atom stereocenters. The number of rotatable bonds is 7. The predicted octanol–water partition coefficient (Wildman–Crippen LogP) is 3.72. The summed E-state index contributed by atoms with van der Waals surface area (Å²) in [6.45, 7) is 4.20. The Morgan fingerprint density at radius 3 is 2.67 bits per heavy atom. The van der Waals surface area contributed by atoms with E-state index in [0.717, 1.165) is 18.5 Å². The van der Waals surface area contributed by atoms with Crippen LogP contribution in [0.3, 0.4) is 0 Å². The fourth-order valence-corrected chi connectivity index (χ4v) is 2.39. The molecular formula is C17H23FN2O. The second kappa shape index (κ2) is 9.29. The zero-order chi connectivity index (χ0) is 14.8. The summed E-state index contributed by atoms with van der Waals surface area (Å²) >= 11 is 0. The van der Waals surface area contributed by atoms with Crippen molar-refractivity contribution in [2.24, 2.45) is 5.16 Å². The van der Waals surface area contributed by atoms with Crippen molar-refractivity contribution in [3.05, 3.63) is 41.7 Å². The molecule has 0 saturated carbocycles. The highest BCUT2D eigenvalue weighted by Crippen LogP contribution is 2.08. The van der Waals surface area contributed by atoms with Crippen LogP contribution in [0.2, 0.25) is 0 Å². The van der Waals surface area contributed by atoms with Crippen molar-refractivity contribution in [2.75, 3.05) is 26.2 Å². The third kappa shape index (κ3) is 6.54. The first kappa shape index (κ1) is 15.7. The van der Waals surface area contributed by atoms with E-state index >= 15 is 0 Å². The van der Waals surface area contributed by atoms with Gasteiger partial charge in [0.05, 0.1) is 6.21 Å². The molecule has 0 radical (unpaired) electrons. The van der Waals surface area contributed by atoms with Gasteiger partial charge in [-0.2, -0.15) is 0 Å². The molecule has 0 atom stereocenters. The summed E-state index contributed by atoms with van der Waals surface area (Å²) < 4.78 is 12.7. The molecule has 1 saturated heterocycles. The number of hydrogen-bond acceptors (Lipinski definition) is 3. The number of allylic oxidation sites excluding steroid dienone is 1. The van der Waals surface area contributed by atoms with E-state index < -0.39 is 0 Å². The van der Waals surface area contributed by atoms with Crippen LogP contribution in [0.1, 0.15) is 31.2 Å². The van der Waals surface area contributed by atoms with E-state index in [4.69, 9.17) is 4.84 Å². The number of hydrogen-bond donors (Lipinski definition) is 0. The van der Waals surface area contributed by atoms with E-state index in [1.807, 2.05) is 6.08 Å². The van der Waals surface area contributed by atoms with Crippen LogP contribution in [0.4, 0.5) is 4.39 Å². The highest BCUT2D eigenvalue weighted by molar-refractivity contribution is 5.77. The highest BCUT2D eigenvalue weighted by Gasteiger charge is 2.08. The molecule has 2 rings (SSSR count). The van der Waals surface area contributed by atoms with Gasteiger partial charge in [-0.1, -0.05) is 29.8 Å². The van der Waals surface area contributed by atoms with E-state index in [9.17, 15) is 4.39 Å².